The van der Waals surface area contributed by atoms with E-state index in [2.05, 4.69) is 15.1 Å². The van der Waals surface area contributed by atoms with E-state index in [-0.39, 0.29) is 24.0 Å². The number of nitrogens with zero attached hydrogens (tertiary/aromatic N) is 2. The summed E-state index contributed by atoms with van der Waals surface area (Å²) in [4.78, 5) is 12.5. The van der Waals surface area contributed by atoms with Gasteiger partial charge < -0.3 is 10.1 Å². The topological polar surface area (TPSA) is 102 Å². The number of benzene rings is 1. The maximum Gasteiger partial charge on any atom is 0.251 e. The van der Waals surface area contributed by atoms with Gasteiger partial charge in [0.2, 0.25) is 10.0 Å². The monoisotopic (exact) mass is 380 g/mol. The summed E-state index contributed by atoms with van der Waals surface area (Å²) in [7, 11) is -2.19. The highest BCUT2D eigenvalue weighted by molar-refractivity contribution is 7.89. The predicted octanol–water partition coefficient (Wildman–Crippen LogP) is 0.936. The van der Waals surface area contributed by atoms with E-state index < -0.39 is 10.0 Å². The molecule has 2 N–H and O–H groups in total. The van der Waals surface area contributed by atoms with Crippen LogP contribution < -0.4 is 10.0 Å². The van der Waals surface area contributed by atoms with Crippen molar-refractivity contribution < 1.29 is 17.9 Å². The van der Waals surface area contributed by atoms with Gasteiger partial charge in [0.1, 0.15) is 0 Å². The SMILES string of the molecule is COCCNS(=O)(=O)c1ccc(C)c(C(=O)NCCCn2cccn2)c1. The fraction of sp³-hybridized carbons (Fsp3) is 0.412. The molecule has 8 nitrogen and oxygen atoms in total. The second-order valence-corrected chi connectivity index (χ2v) is 7.51. The van der Waals surface area contributed by atoms with E-state index in [1.54, 1.807) is 23.9 Å². The first-order valence-corrected chi connectivity index (χ1v) is 9.77. The van der Waals surface area contributed by atoms with Crippen molar-refractivity contribution in [1.29, 1.82) is 0 Å². The standard InChI is InChI=1S/C17H24N4O4S/c1-14-5-6-15(26(23,24)20-9-12-25-2)13-16(14)17(22)18-7-3-10-21-11-4-8-19-21/h4-6,8,11,13,20H,3,7,9-10,12H2,1-2H3,(H,18,22). The molecular weight excluding hydrogens is 356 g/mol. The van der Waals surface area contributed by atoms with E-state index in [0.717, 1.165) is 6.42 Å². The lowest BCUT2D eigenvalue weighted by molar-refractivity contribution is 0.0951. The normalized spacial score (nSPS) is 11.5. The molecule has 0 aliphatic heterocycles. The van der Waals surface area contributed by atoms with Gasteiger partial charge in [0.25, 0.3) is 5.91 Å². The summed E-state index contributed by atoms with van der Waals surface area (Å²) < 4.78 is 33.6. The smallest absolute Gasteiger partial charge is 0.251 e. The van der Waals surface area contributed by atoms with E-state index in [9.17, 15) is 13.2 Å². The predicted molar refractivity (Wildman–Crippen MR) is 97.4 cm³/mol. The molecule has 1 heterocycles. The molecule has 1 amide bonds. The van der Waals surface area contributed by atoms with Crippen molar-refractivity contribution in [3.63, 3.8) is 0 Å². The van der Waals surface area contributed by atoms with Gasteiger partial charge in [-0.2, -0.15) is 5.10 Å². The van der Waals surface area contributed by atoms with Gasteiger partial charge in [-0.3, -0.25) is 9.48 Å². The largest absolute Gasteiger partial charge is 0.383 e. The number of hydrogen-bond donors (Lipinski definition) is 2. The van der Waals surface area contributed by atoms with Crippen LogP contribution in [-0.2, 0) is 21.3 Å². The van der Waals surface area contributed by atoms with Crippen molar-refractivity contribution in [3.05, 3.63) is 47.8 Å². The van der Waals surface area contributed by atoms with Crippen LogP contribution in [0.4, 0.5) is 0 Å². The average molecular weight is 380 g/mol. The zero-order valence-electron chi connectivity index (χ0n) is 14.9. The van der Waals surface area contributed by atoms with Gasteiger partial charge in [-0.25, -0.2) is 13.1 Å². The lowest BCUT2D eigenvalue weighted by atomic mass is 10.1. The minimum Gasteiger partial charge on any atom is -0.383 e. The summed E-state index contributed by atoms with van der Waals surface area (Å²) >= 11 is 0. The molecule has 0 fully saturated rings. The minimum absolute atomic E-state index is 0.0564. The molecule has 2 aromatic rings. The number of rotatable bonds is 10. The number of aromatic nitrogens is 2. The second-order valence-electron chi connectivity index (χ2n) is 5.75. The van der Waals surface area contributed by atoms with E-state index in [1.807, 2.05) is 12.3 Å². The molecule has 0 spiro atoms. The first-order chi connectivity index (χ1) is 12.4. The summed E-state index contributed by atoms with van der Waals surface area (Å²) in [6.07, 6.45) is 4.29. The Morgan fingerprint density at radius 1 is 1.31 bits per heavy atom. The number of amides is 1. The van der Waals surface area contributed by atoms with Crippen molar-refractivity contribution >= 4 is 15.9 Å². The van der Waals surface area contributed by atoms with Crippen LogP contribution in [-0.4, -0.2) is 50.9 Å². The van der Waals surface area contributed by atoms with E-state index >= 15 is 0 Å². The van der Waals surface area contributed by atoms with Gasteiger partial charge in [-0.15, -0.1) is 0 Å². The Balaban J connectivity index is 1.98. The Labute approximate surface area is 153 Å². The highest BCUT2D eigenvalue weighted by atomic mass is 32.2. The number of nitrogens with one attached hydrogen (secondary N) is 2. The second kappa shape index (κ2) is 9.46. The molecule has 1 aromatic carbocycles. The number of aryl methyl sites for hydroxylation is 2. The molecule has 1 aromatic heterocycles. The van der Waals surface area contributed by atoms with Crippen LogP contribution in [0.3, 0.4) is 0 Å². The van der Waals surface area contributed by atoms with Gasteiger partial charge in [-0.1, -0.05) is 6.07 Å². The van der Waals surface area contributed by atoms with Crippen LogP contribution in [0.1, 0.15) is 22.3 Å². The Bertz CT molecular complexity index is 819. The van der Waals surface area contributed by atoms with Crippen LogP contribution in [0.25, 0.3) is 0 Å². The third-order valence-electron chi connectivity index (χ3n) is 3.77. The molecule has 0 unspecified atom stereocenters. The zero-order chi connectivity index (χ0) is 19.0. The molecular formula is C17H24N4O4S. The summed E-state index contributed by atoms with van der Waals surface area (Å²) in [6, 6.07) is 6.35. The Kier molecular flexibility index (Phi) is 7.31. The third kappa shape index (κ3) is 5.65. The van der Waals surface area contributed by atoms with E-state index in [4.69, 9.17) is 4.74 Å². The maximum atomic E-state index is 12.4. The highest BCUT2D eigenvalue weighted by Gasteiger charge is 2.17. The molecule has 0 saturated heterocycles. The van der Waals surface area contributed by atoms with Gasteiger partial charge >= 0.3 is 0 Å². The quantitative estimate of drug-likeness (QED) is 0.597. The van der Waals surface area contributed by atoms with Crippen LogP contribution in [0.15, 0.2) is 41.6 Å². The van der Waals surface area contributed by atoms with E-state index in [0.29, 0.717) is 24.2 Å². The van der Waals surface area contributed by atoms with Crippen molar-refractivity contribution in [1.82, 2.24) is 19.8 Å². The fourth-order valence-corrected chi connectivity index (χ4v) is 3.38. The lowest BCUT2D eigenvalue weighted by Crippen LogP contribution is -2.29. The molecule has 0 saturated carbocycles. The Morgan fingerprint density at radius 3 is 2.81 bits per heavy atom. The molecule has 26 heavy (non-hydrogen) atoms. The van der Waals surface area contributed by atoms with Crippen molar-refractivity contribution in [3.8, 4) is 0 Å². The van der Waals surface area contributed by atoms with Crippen LogP contribution in [0.2, 0.25) is 0 Å². The first kappa shape index (κ1) is 20.1. The number of sulfonamides is 1. The number of carbonyl (C=O) groups is 1. The Hall–Kier alpha value is -2.23. The van der Waals surface area contributed by atoms with Crippen LogP contribution >= 0.6 is 0 Å². The van der Waals surface area contributed by atoms with Crippen molar-refractivity contribution in [2.75, 3.05) is 26.8 Å². The molecule has 9 heteroatoms. The van der Waals surface area contributed by atoms with Crippen LogP contribution in [0, 0.1) is 6.92 Å². The summed E-state index contributed by atoms with van der Waals surface area (Å²) in [5.41, 5.74) is 1.06. The maximum absolute atomic E-state index is 12.4. The number of ether oxygens (including phenoxy) is 1. The summed E-state index contributed by atoms with van der Waals surface area (Å²) in [5.74, 6) is -0.295. The van der Waals surface area contributed by atoms with Gasteiger partial charge in [0.15, 0.2) is 0 Å². The van der Waals surface area contributed by atoms with Crippen LogP contribution in [0.5, 0.6) is 0 Å². The summed E-state index contributed by atoms with van der Waals surface area (Å²) in [6.45, 7) is 3.38. The fourth-order valence-electron chi connectivity index (χ4n) is 2.35. The minimum atomic E-state index is -3.68. The summed E-state index contributed by atoms with van der Waals surface area (Å²) in [5, 5.41) is 6.91. The highest BCUT2D eigenvalue weighted by Crippen LogP contribution is 2.15. The van der Waals surface area contributed by atoms with Crippen molar-refractivity contribution in [2.45, 2.75) is 24.8 Å². The zero-order valence-corrected chi connectivity index (χ0v) is 15.8. The number of methoxy groups -OCH3 is 1. The molecule has 0 aliphatic carbocycles. The van der Waals surface area contributed by atoms with Gasteiger partial charge in [0.05, 0.1) is 11.5 Å². The molecule has 0 radical (unpaired) electrons. The van der Waals surface area contributed by atoms with Crippen molar-refractivity contribution in [2.24, 2.45) is 0 Å². The molecule has 0 bridgehead atoms. The Morgan fingerprint density at radius 2 is 2.12 bits per heavy atom. The van der Waals surface area contributed by atoms with Gasteiger partial charge in [-0.05, 0) is 37.1 Å². The van der Waals surface area contributed by atoms with E-state index in [1.165, 1.54) is 19.2 Å². The number of carbonyl (C=O) groups excluding carboxylic acids is 1. The molecule has 142 valence electrons. The first-order valence-electron chi connectivity index (χ1n) is 8.29. The average Bonchev–Trinajstić information content (AvgIpc) is 3.12. The molecule has 0 aliphatic rings. The lowest BCUT2D eigenvalue weighted by Gasteiger charge is -2.11. The molecule has 2 rings (SSSR count). The van der Waals surface area contributed by atoms with Gasteiger partial charge in [0, 0.05) is 44.7 Å². The molecule has 0 atom stereocenters. The third-order valence-corrected chi connectivity index (χ3v) is 5.23. The number of hydrogen-bond acceptors (Lipinski definition) is 5.